The monoisotopic (exact) mass is 213 g/mol. The summed E-state index contributed by atoms with van der Waals surface area (Å²) >= 11 is 0. The van der Waals surface area contributed by atoms with Crippen molar-refractivity contribution in [3.8, 4) is 0 Å². The Morgan fingerprint density at radius 1 is 1.33 bits per heavy atom. The first kappa shape index (κ1) is 14.9. The number of nitrogens with two attached hydrogens (primary N) is 1. The predicted octanol–water partition coefficient (Wildman–Crippen LogP) is 2.73. The van der Waals surface area contributed by atoms with Gasteiger partial charge in [-0.15, -0.1) is 0 Å². The van der Waals surface area contributed by atoms with Crippen molar-refractivity contribution in [1.82, 2.24) is 5.32 Å². The summed E-state index contributed by atoms with van der Waals surface area (Å²) < 4.78 is 0. The maximum atomic E-state index is 5.49. The van der Waals surface area contributed by atoms with Crippen molar-refractivity contribution in [3.05, 3.63) is 6.92 Å². The van der Waals surface area contributed by atoms with Crippen LogP contribution in [0.2, 0.25) is 0 Å². The molecule has 15 heavy (non-hydrogen) atoms. The second kappa shape index (κ2) is 10.4. The lowest BCUT2D eigenvalue weighted by Gasteiger charge is -2.22. The first-order valence-corrected chi connectivity index (χ1v) is 6.51. The maximum Gasteiger partial charge on any atom is 0.00770 e. The van der Waals surface area contributed by atoms with Crippen LogP contribution in [-0.4, -0.2) is 19.1 Å². The van der Waals surface area contributed by atoms with E-state index in [0.29, 0.717) is 6.04 Å². The molecule has 0 aliphatic heterocycles. The van der Waals surface area contributed by atoms with Gasteiger partial charge in [0.2, 0.25) is 0 Å². The smallest absolute Gasteiger partial charge is 0.00770 e. The van der Waals surface area contributed by atoms with Gasteiger partial charge in [-0.1, -0.05) is 46.5 Å². The van der Waals surface area contributed by atoms with Gasteiger partial charge in [-0.2, -0.15) is 0 Å². The lowest BCUT2D eigenvalue weighted by Crippen LogP contribution is -2.34. The molecule has 0 amide bonds. The summed E-state index contributed by atoms with van der Waals surface area (Å²) in [6, 6.07) is 0.565. The Kier molecular flexibility index (Phi) is 10.4. The molecule has 3 N–H and O–H groups in total. The second-order valence-electron chi connectivity index (χ2n) is 4.38. The molecule has 0 fully saturated rings. The van der Waals surface area contributed by atoms with E-state index >= 15 is 0 Å². The summed E-state index contributed by atoms with van der Waals surface area (Å²) in [5, 5.41) is 3.47. The van der Waals surface area contributed by atoms with Crippen LogP contribution in [0.15, 0.2) is 0 Å². The van der Waals surface area contributed by atoms with Gasteiger partial charge >= 0.3 is 0 Å². The van der Waals surface area contributed by atoms with E-state index in [4.69, 9.17) is 5.73 Å². The standard InChI is InChI=1S/C13H29N2/c1-4-7-8-12(5-2)11-13(6-3)15-10-9-14/h12-13,15H,3-11,14H2,1-2H3. The van der Waals surface area contributed by atoms with E-state index in [1.54, 1.807) is 0 Å². The molecular formula is C13H29N2. The van der Waals surface area contributed by atoms with Crippen molar-refractivity contribution in [3.63, 3.8) is 0 Å². The van der Waals surface area contributed by atoms with Crippen LogP contribution >= 0.6 is 0 Å². The van der Waals surface area contributed by atoms with E-state index in [-0.39, 0.29) is 0 Å². The molecule has 0 aromatic heterocycles. The highest BCUT2D eigenvalue weighted by Crippen LogP contribution is 2.19. The number of rotatable bonds is 10. The third-order valence-corrected chi connectivity index (χ3v) is 3.09. The van der Waals surface area contributed by atoms with Crippen LogP contribution in [0, 0.1) is 12.8 Å². The first-order valence-electron chi connectivity index (χ1n) is 6.51. The Hall–Kier alpha value is -0.0800. The van der Waals surface area contributed by atoms with Gasteiger partial charge in [-0.3, -0.25) is 0 Å². The molecule has 0 aromatic carbocycles. The van der Waals surface area contributed by atoms with E-state index < -0.39 is 0 Å². The molecule has 2 nitrogen and oxygen atoms in total. The fourth-order valence-corrected chi connectivity index (χ4v) is 1.97. The molecule has 2 atom stereocenters. The normalized spacial score (nSPS) is 15.2. The summed E-state index contributed by atoms with van der Waals surface area (Å²) in [6.45, 7) is 10.2. The minimum Gasteiger partial charge on any atom is -0.329 e. The number of hydrogen-bond acceptors (Lipinski definition) is 2. The molecular weight excluding hydrogens is 184 g/mol. The van der Waals surface area contributed by atoms with Gasteiger partial charge in [0.1, 0.15) is 0 Å². The van der Waals surface area contributed by atoms with Gasteiger partial charge in [0.25, 0.3) is 0 Å². The average molecular weight is 213 g/mol. The summed E-state index contributed by atoms with van der Waals surface area (Å²) in [6.07, 6.45) is 7.57. The number of hydrogen-bond donors (Lipinski definition) is 2. The van der Waals surface area contributed by atoms with E-state index in [1.165, 1.54) is 32.1 Å². The average Bonchev–Trinajstić information content (AvgIpc) is 2.28. The summed E-state index contributed by atoms with van der Waals surface area (Å²) in [7, 11) is 0. The topological polar surface area (TPSA) is 38.0 Å². The molecule has 0 saturated carbocycles. The molecule has 0 aromatic rings. The van der Waals surface area contributed by atoms with Gasteiger partial charge in [-0.25, -0.2) is 0 Å². The Bertz CT molecular complexity index is 112. The molecule has 0 rings (SSSR count). The molecule has 2 unspecified atom stereocenters. The summed E-state index contributed by atoms with van der Waals surface area (Å²) in [4.78, 5) is 0. The lowest BCUT2D eigenvalue weighted by atomic mass is 9.91. The minimum atomic E-state index is 0.565. The van der Waals surface area contributed by atoms with E-state index in [1.807, 2.05) is 0 Å². The quantitative estimate of drug-likeness (QED) is 0.585. The van der Waals surface area contributed by atoms with Crippen LogP contribution in [0.3, 0.4) is 0 Å². The van der Waals surface area contributed by atoms with Crippen LogP contribution in [0.1, 0.15) is 52.4 Å². The summed E-state index contributed by atoms with van der Waals surface area (Å²) in [5.41, 5.74) is 5.49. The van der Waals surface area contributed by atoms with Gasteiger partial charge in [-0.05, 0) is 18.8 Å². The first-order chi connectivity index (χ1) is 7.28. The number of unbranched alkanes of at least 4 members (excludes halogenated alkanes) is 1. The third kappa shape index (κ3) is 7.80. The Labute approximate surface area is 96.0 Å². The molecule has 1 radical (unpaired) electrons. The van der Waals surface area contributed by atoms with Crippen LogP contribution in [0.4, 0.5) is 0 Å². The highest BCUT2D eigenvalue weighted by Gasteiger charge is 2.12. The Morgan fingerprint density at radius 3 is 2.53 bits per heavy atom. The zero-order valence-corrected chi connectivity index (χ0v) is 10.6. The molecule has 0 spiro atoms. The van der Waals surface area contributed by atoms with Gasteiger partial charge in [0.05, 0.1) is 0 Å². The highest BCUT2D eigenvalue weighted by atomic mass is 14.9. The van der Waals surface area contributed by atoms with Crippen molar-refractivity contribution < 1.29 is 0 Å². The highest BCUT2D eigenvalue weighted by molar-refractivity contribution is 4.72. The second-order valence-corrected chi connectivity index (χ2v) is 4.38. The van der Waals surface area contributed by atoms with Crippen molar-refractivity contribution in [2.75, 3.05) is 13.1 Å². The summed E-state index contributed by atoms with van der Waals surface area (Å²) in [5.74, 6) is 0.863. The van der Waals surface area contributed by atoms with Crippen molar-refractivity contribution in [2.45, 2.75) is 58.4 Å². The molecule has 91 valence electrons. The van der Waals surface area contributed by atoms with E-state index in [0.717, 1.165) is 25.4 Å². The van der Waals surface area contributed by atoms with Crippen molar-refractivity contribution >= 4 is 0 Å². The predicted molar refractivity (Wildman–Crippen MR) is 68.7 cm³/mol. The molecule has 0 heterocycles. The van der Waals surface area contributed by atoms with Crippen molar-refractivity contribution in [2.24, 2.45) is 11.7 Å². The molecule has 2 heteroatoms. The van der Waals surface area contributed by atoms with Gasteiger partial charge in [0.15, 0.2) is 0 Å². The molecule has 0 aliphatic carbocycles. The Balaban J connectivity index is 3.77. The van der Waals surface area contributed by atoms with Crippen LogP contribution < -0.4 is 11.1 Å². The molecule has 0 saturated heterocycles. The van der Waals surface area contributed by atoms with Gasteiger partial charge < -0.3 is 11.1 Å². The zero-order chi connectivity index (χ0) is 11.5. The van der Waals surface area contributed by atoms with Gasteiger partial charge in [0, 0.05) is 19.1 Å². The zero-order valence-electron chi connectivity index (χ0n) is 10.6. The van der Waals surface area contributed by atoms with Crippen LogP contribution in [-0.2, 0) is 0 Å². The minimum absolute atomic E-state index is 0.565. The SMILES string of the molecule is [CH2]CC(CC(CC)CCCC)NCCN. The third-order valence-electron chi connectivity index (χ3n) is 3.09. The molecule has 0 aliphatic rings. The van der Waals surface area contributed by atoms with E-state index in [9.17, 15) is 0 Å². The fraction of sp³-hybridized carbons (Fsp3) is 0.923. The maximum absolute atomic E-state index is 5.49. The van der Waals surface area contributed by atoms with Crippen LogP contribution in [0.5, 0.6) is 0 Å². The number of nitrogens with one attached hydrogen (secondary N) is 1. The fourth-order valence-electron chi connectivity index (χ4n) is 1.97. The lowest BCUT2D eigenvalue weighted by molar-refractivity contribution is 0.351. The van der Waals surface area contributed by atoms with Crippen LogP contribution in [0.25, 0.3) is 0 Å². The van der Waals surface area contributed by atoms with E-state index in [2.05, 4.69) is 26.1 Å². The van der Waals surface area contributed by atoms with Crippen molar-refractivity contribution in [1.29, 1.82) is 0 Å². The largest absolute Gasteiger partial charge is 0.329 e. The Morgan fingerprint density at radius 2 is 2.07 bits per heavy atom. The molecule has 0 bridgehead atoms.